The van der Waals surface area contributed by atoms with Crippen molar-refractivity contribution >= 4 is 10.2 Å². The van der Waals surface area contributed by atoms with E-state index in [4.69, 9.17) is 0 Å². The number of pyridine rings is 1. The van der Waals surface area contributed by atoms with Crippen molar-refractivity contribution in [3.8, 4) is 0 Å². The summed E-state index contributed by atoms with van der Waals surface area (Å²) in [7, 11) is -4.60. The molecule has 6 heteroatoms. The van der Waals surface area contributed by atoms with E-state index in [0.29, 0.717) is 0 Å². The molecule has 0 unspecified atom stereocenters. The number of aromatic nitrogens is 1. The molecule has 0 aliphatic rings. The van der Waals surface area contributed by atoms with Crippen LogP contribution in [0.5, 0.6) is 0 Å². The average molecular weight is 193 g/mol. The van der Waals surface area contributed by atoms with Crippen LogP contribution in [0.4, 0.5) is 8.28 Å². The van der Waals surface area contributed by atoms with E-state index in [2.05, 4.69) is 4.98 Å². The van der Waals surface area contributed by atoms with Gasteiger partial charge >= 0.3 is 10.2 Å². The Morgan fingerprint density at radius 1 is 1.42 bits per heavy atom. The molecule has 1 rings (SSSR count). The SMILES string of the molecule is O=S(=O)(F)Cc1cncc(F)c1. The van der Waals surface area contributed by atoms with Gasteiger partial charge in [-0.25, -0.2) is 4.39 Å². The van der Waals surface area contributed by atoms with E-state index in [1.165, 1.54) is 0 Å². The summed E-state index contributed by atoms with van der Waals surface area (Å²) in [6.45, 7) is 0. The monoisotopic (exact) mass is 193 g/mol. The number of hydrogen-bond donors (Lipinski definition) is 0. The smallest absolute Gasteiger partial charge is 0.261 e. The molecule has 0 saturated carbocycles. The summed E-state index contributed by atoms with van der Waals surface area (Å²) in [5, 5.41) is 0. The van der Waals surface area contributed by atoms with Gasteiger partial charge in [0.2, 0.25) is 0 Å². The lowest BCUT2D eigenvalue weighted by Gasteiger charge is -1.94. The van der Waals surface area contributed by atoms with Gasteiger partial charge in [0.25, 0.3) is 0 Å². The van der Waals surface area contributed by atoms with Crippen molar-refractivity contribution in [2.24, 2.45) is 0 Å². The third-order valence-electron chi connectivity index (χ3n) is 1.10. The Morgan fingerprint density at radius 3 is 2.58 bits per heavy atom. The zero-order chi connectivity index (χ0) is 9.19. The van der Waals surface area contributed by atoms with Crippen LogP contribution >= 0.6 is 0 Å². The summed E-state index contributed by atoms with van der Waals surface area (Å²) >= 11 is 0. The van der Waals surface area contributed by atoms with Gasteiger partial charge in [-0.05, 0) is 11.6 Å². The molecule has 0 saturated heterocycles. The van der Waals surface area contributed by atoms with Crippen LogP contribution in [0.1, 0.15) is 5.56 Å². The maximum absolute atomic E-state index is 12.4. The van der Waals surface area contributed by atoms with Crippen molar-refractivity contribution in [1.82, 2.24) is 4.98 Å². The fourth-order valence-corrected chi connectivity index (χ4v) is 1.29. The van der Waals surface area contributed by atoms with Gasteiger partial charge in [0.15, 0.2) is 0 Å². The summed E-state index contributed by atoms with van der Waals surface area (Å²) in [5.41, 5.74) is -0.00231. The van der Waals surface area contributed by atoms with Crippen molar-refractivity contribution in [1.29, 1.82) is 0 Å². The molecule has 1 heterocycles. The van der Waals surface area contributed by atoms with Gasteiger partial charge in [-0.3, -0.25) is 4.98 Å². The Bertz CT molecular complexity index is 377. The standard InChI is InChI=1S/C6H5F2NO2S/c7-6-1-5(2-9-3-6)4-12(8,10)11/h1-3H,4H2. The fourth-order valence-electron chi connectivity index (χ4n) is 0.734. The van der Waals surface area contributed by atoms with Gasteiger partial charge in [-0.15, -0.1) is 3.89 Å². The quantitative estimate of drug-likeness (QED) is 0.659. The summed E-state index contributed by atoms with van der Waals surface area (Å²) < 4.78 is 44.6. The molecule has 0 amide bonds. The maximum atomic E-state index is 12.4. The summed E-state index contributed by atoms with van der Waals surface area (Å²) in [4.78, 5) is 3.36. The van der Waals surface area contributed by atoms with E-state index < -0.39 is 21.8 Å². The highest BCUT2D eigenvalue weighted by molar-refractivity contribution is 7.85. The molecule has 0 aromatic carbocycles. The largest absolute Gasteiger partial charge is 0.306 e. The van der Waals surface area contributed by atoms with Crippen LogP contribution in [0.15, 0.2) is 18.5 Å². The van der Waals surface area contributed by atoms with Crippen LogP contribution in [0, 0.1) is 5.82 Å². The first-order chi connectivity index (χ1) is 5.47. The van der Waals surface area contributed by atoms with Gasteiger partial charge in [-0.1, -0.05) is 0 Å². The molecule has 0 aliphatic carbocycles. The number of hydrogen-bond acceptors (Lipinski definition) is 3. The molecule has 0 radical (unpaired) electrons. The van der Waals surface area contributed by atoms with E-state index in [0.717, 1.165) is 18.5 Å². The van der Waals surface area contributed by atoms with Crippen molar-refractivity contribution in [3.63, 3.8) is 0 Å². The molecule has 0 N–H and O–H groups in total. The van der Waals surface area contributed by atoms with Gasteiger partial charge in [0.1, 0.15) is 11.6 Å². The van der Waals surface area contributed by atoms with E-state index in [-0.39, 0.29) is 5.56 Å². The minimum absolute atomic E-state index is 0.00231. The van der Waals surface area contributed by atoms with Crippen molar-refractivity contribution < 1.29 is 16.7 Å². The third kappa shape index (κ3) is 2.91. The predicted molar refractivity (Wildman–Crippen MR) is 37.9 cm³/mol. The molecule has 0 aliphatic heterocycles. The second kappa shape index (κ2) is 3.14. The highest BCUT2D eigenvalue weighted by Crippen LogP contribution is 2.06. The molecule has 0 bridgehead atoms. The van der Waals surface area contributed by atoms with Gasteiger partial charge < -0.3 is 0 Å². The second-order valence-electron chi connectivity index (χ2n) is 2.19. The lowest BCUT2D eigenvalue weighted by molar-refractivity contribution is 0.550. The van der Waals surface area contributed by atoms with Crippen LogP contribution < -0.4 is 0 Å². The van der Waals surface area contributed by atoms with Crippen LogP contribution in [-0.2, 0) is 16.0 Å². The molecule has 0 spiro atoms. The van der Waals surface area contributed by atoms with Crippen LogP contribution in [0.3, 0.4) is 0 Å². The first-order valence-corrected chi connectivity index (χ1v) is 4.54. The summed E-state index contributed by atoms with van der Waals surface area (Å²) in [6, 6.07) is 0.921. The molecular weight excluding hydrogens is 188 g/mol. The third-order valence-corrected chi connectivity index (χ3v) is 1.78. The Balaban J connectivity index is 2.91. The lowest BCUT2D eigenvalue weighted by Crippen LogP contribution is -1.97. The summed E-state index contributed by atoms with van der Waals surface area (Å²) in [6.07, 6.45) is 2.01. The number of halogens is 2. The van der Waals surface area contributed by atoms with Crippen molar-refractivity contribution in [2.75, 3.05) is 0 Å². The molecule has 12 heavy (non-hydrogen) atoms. The zero-order valence-corrected chi connectivity index (χ0v) is 6.68. The topological polar surface area (TPSA) is 47.0 Å². The van der Waals surface area contributed by atoms with Crippen molar-refractivity contribution in [3.05, 3.63) is 29.8 Å². The molecule has 1 aromatic rings. The van der Waals surface area contributed by atoms with Gasteiger partial charge in [0.05, 0.1) is 6.20 Å². The van der Waals surface area contributed by atoms with E-state index in [1.54, 1.807) is 0 Å². The van der Waals surface area contributed by atoms with Crippen molar-refractivity contribution in [2.45, 2.75) is 5.75 Å². The normalized spacial score (nSPS) is 11.5. The molecule has 0 fully saturated rings. The van der Waals surface area contributed by atoms with Gasteiger partial charge in [-0.2, -0.15) is 8.42 Å². The number of nitrogens with zero attached hydrogens (tertiary/aromatic N) is 1. The minimum Gasteiger partial charge on any atom is -0.261 e. The van der Waals surface area contributed by atoms with Gasteiger partial charge in [0, 0.05) is 6.20 Å². The zero-order valence-electron chi connectivity index (χ0n) is 5.87. The Kier molecular flexibility index (Phi) is 2.37. The first kappa shape index (κ1) is 9.05. The van der Waals surface area contributed by atoms with Crippen LogP contribution in [0.25, 0.3) is 0 Å². The molecule has 3 nitrogen and oxygen atoms in total. The second-order valence-corrected chi connectivity index (χ2v) is 3.56. The molecule has 0 atom stereocenters. The Labute approximate surface area is 68.3 Å². The highest BCUT2D eigenvalue weighted by atomic mass is 32.3. The van der Waals surface area contributed by atoms with Crippen LogP contribution in [-0.4, -0.2) is 13.4 Å². The van der Waals surface area contributed by atoms with E-state index in [9.17, 15) is 16.7 Å². The van der Waals surface area contributed by atoms with E-state index in [1.807, 2.05) is 0 Å². The first-order valence-electron chi connectivity index (χ1n) is 2.99. The Hall–Kier alpha value is -1.04. The molecule has 1 aromatic heterocycles. The predicted octanol–water partition coefficient (Wildman–Crippen LogP) is 1.02. The Morgan fingerprint density at radius 2 is 2.08 bits per heavy atom. The van der Waals surface area contributed by atoms with E-state index >= 15 is 0 Å². The molecule has 66 valence electrons. The minimum atomic E-state index is -4.60. The number of rotatable bonds is 2. The molecular formula is C6H5F2NO2S. The highest BCUT2D eigenvalue weighted by Gasteiger charge is 2.09. The maximum Gasteiger partial charge on any atom is 0.306 e. The average Bonchev–Trinajstić information content (AvgIpc) is 1.82. The van der Waals surface area contributed by atoms with Crippen LogP contribution in [0.2, 0.25) is 0 Å². The lowest BCUT2D eigenvalue weighted by atomic mass is 10.3. The summed E-state index contributed by atoms with van der Waals surface area (Å²) in [5.74, 6) is -1.52. The fraction of sp³-hybridized carbons (Fsp3) is 0.167.